The Bertz CT molecular complexity index is 323. The Morgan fingerprint density at radius 3 is 2.29 bits per heavy atom. The SMILES string of the molecule is CCc1ccc(C(N)CSC(C)C(C)O)cc1. The van der Waals surface area contributed by atoms with Gasteiger partial charge >= 0.3 is 0 Å². The van der Waals surface area contributed by atoms with E-state index in [0.717, 1.165) is 12.2 Å². The number of benzene rings is 1. The van der Waals surface area contributed by atoms with Crippen LogP contribution in [-0.2, 0) is 6.42 Å². The fourth-order valence-electron chi connectivity index (χ4n) is 1.49. The number of thioether (sulfide) groups is 1. The van der Waals surface area contributed by atoms with Crippen LogP contribution < -0.4 is 5.73 Å². The van der Waals surface area contributed by atoms with Gasteiger partial charge in [0.2, 0.25) is 0 Å². The van der Waals surface area contributed by atoms with Crippen LogP contribution in [0.1, 0.15) is 37.9 Å². The minimum Gasteiger partial charge on any atom is -0.392 e. The van der Waals surface area contributed by atoms with Crippen molar-refractivity contribution >= 4 is 11.8 Å². The molecule has 0 aliphatic rings. The third-order valence-electron chi connectivity index (χ3n) is 3.03. The number of hydrogen-bond acceptors (Lipinski definition) is 3. The molecular formula is C14H23NOS. The first-order valence-corrected chi connectivity index (χ1v) is 7.23. The van der Waals surface area contributed by atoms with Crippen molar-refractivity contribution in [3.8, 4) is 0 Å². The van der Waals surface area contributed by atoms with Gasteiger partial charge in [-0.15, -0.1) is 0 Å². The van der Waals surface area contributed by atoms with Crippen LogP contribution in [0.2, 0.25) is 0 Å². The van der Waals surface area contributed by atoms with E-state index < -0.39 is 0 Å². The fraction of sp³-hybridized carbons (Fsp3) is 0.571. The van der Waals surface area contributed by atoms with E-state index >= 15 is 0 Å². The maximum absolute atomic E-state index is 9.41. The molecular weight excluding hydrogens is 230 g/mol. The number of nitrogens with two attached hydrogens (primary N) is 1. The first-order valence-electron chi connectivity index (χ1n) is 6.18. The topological polar surface area (TPSA) is 46.2 Å². The van der Waals surface area contributed by atoms with Gasteiger partial charge in [-0.25, -0.2) is 0 Å². The smallest absolute Gasteiger partial charge is 0.0628 e. The molecule has 2 nitrogen and oxygen atoms in total. The summed E-state index contributed by atoms with van der Waals surface area (Å²) in [7, 11) is 0. The van der Waals surface area contributed by atoms with Gasteiger partial charge in [0.25, 0.3) is 0 Å². The van der Waals surface area contributed by atoms with Crippen molar-refractivity contribution in [1.29, 1.82) is 0 Å². The first-order chi connectivity index (χ1) is 8.04. The summed E-state index contributed by atoms with van der Waals surface area (Å²) < 4.78 is 0. The maximum Gasteiger partial charge on any atom is 0.0628 e. The van der Waals surface area contributed by atoms with Gasteiger partial charge in [-0.3, -0.25) is 0 Å². The van der Waals surface area contributed by atoms with Crippen molar-refractivity contribution < 1.29 is 5.11 Å². The number of aliphatic hydroxyl groups excluding tert-OH is 1. The van der Waals surface area contributed by atoms with Crippen LogP contribution in [0.4, 0.5) is 0 Å². The summed E-state index contributed by atoms with van der Waals surface area (Å²) in [6, 6.07) is 8.54. The third-order valence-corrected chi connectivity index (χ3v) is 4.51. The molecule has 0 fully saturated rings. The van der Waals surface area contributed by atoms with Gasteiger partial charge in [-0.05, 0) is 24.5 Å². The Morgan fingerprint density at radius 2 is 1.82 bits per heavy atom. The quantitative estimate of drug-likeness (QED) is 0.819. The Balaban J connectivity index is 2.48. The molecule has 0 spiro atoms. The molecule has 0 amide bonds. The average molecular weight is 253 g/mol. The summed E-state index contributed by atoms with van der Waals surface area (Å²) in [4.78, 5) is 0. The molecule has 17 heavy (non-hydrogen) atoms. The van der Waals surface area contributed by atoms with E-state index in [-0.39, 0.29) is 17.4 Å². The lowest BCUT2D eigenvalue weighted by molar-refractivity contribution is 0.196. The van der Waals surface area contributed by atoms with E-state index in [1.807, 2.05) is 13.8 Å². The fourth-order valence-corrected chi connectivity index (χ4v) is 2.47. The molecule has 0 saturated carbocycles. The van der Waals surface area contributed by atoms with Crippen LogP contribution in [0, 0.1) is 0 Å². The van der Waals surface area contributed by atoms with Gasteiger partial charge < -0.3 is 10.8 Å². The van der Waals surface area contributed by atoms with Crippen molar-refractivity contribution in [3.05, 3.63) is 35.4 Å². The molecule has 1 aromatic rings. The van der Waals surface area contributed by atoms with E-state index in [2.05, 4.69) is 31.2 Å². The van der Waals surface area contributed by atoms with Gasteiger partial charge in [0.05, 0.1) is 6.10 Å². The Kier molecular flexibility index (Phi) is 6.03. The second-order valence-electron chi connectivity index (χ2n) is 4.48. The molecule has 1 aromatic carbocycles. The first kappa shape index (κ1) is 14.6. The minimum atomic E-state index is -0.283. The standard InChI is InChI=1S/C14H23NOS/c1-4-12-5-7-13(8-6-12)14(15)9-17-11(3)10(2)16/h5-8,10-11,14,16H,4,9,15H2,1-3H3. The lowest BCUT2D eigenvalue weighted by Crippen LogP contribution is -2.20. The van der Waals surface area contributed by atoms with Crippen molar-refractivity contribution in [3.63, 3.8) is 0 Å². The average Bonchev–Trinajstić information content (AvgIpc) is 2.35. The van der Waals surface area contributed by atoms with E-state index in [0.29, 0.717) is 0 Å². The van der Waals surface area contributed by atoms with Crippen LogP contribution >= 0.6 is 11.8 Å². The molecule has 96 valence electrons. The second-order valence-corrected chi connectivity index (χ2v) is 5.89. The van der Waals surface area contributed by atoms with Crippen LogP contribution in [0.5, 0.6) is 0 Å². The van der Waals surface area contributed by atoms with Gasteiger partial charge in [0, 0.05) is 17.0 Å². The molecule has 3 heteroatoms. The van der Waals surface area contributed by atoms with Crippen molar-refractivity contribution in [2.75, 3.05) is 5.75 Å². The minimum absolute atomic E-state index is 0.0482. The maximum atomic E-state index is 9.41. The molecule has 3 unspecified atom stereocenters. The third kappa shape index (κ3) is 4.70. The molecule has 0 heterocycles. The molecule has 0 saturated heterocycles. The normalized spacial score (nSPS) is 16.5. The summed E-state index contributed by atoms with van der Waals surface area (Å²) in [6.07, 6.45) is 0.776. The van der Waals surface area contributed by atoms with E-state index in [4.69, 9.17) is 5.73 Å². The number of rotatable bonds is 6. The summed E-state index contributed by atoms with van der Waals surface area (Å²) in [5.41, 5.74) is 8.64. The highest BCUT2D eigenvalue weighted by Crippen LogP contribution is 2.21. The van der Waals surface area contributed by atoms with Crippen molar-refractivity contribution in [2.24, 2.45) is 5.73 Å². The predicted octanol–water partition coefficient (Wildman–Crippen LogP) is 2.75. The molecule has 0 aromatic heterocycles. The molecule has 0 aliphatic heterocycles. The van der Waals surface area contributed by atoms with E-state index in [1.165, 1.54) is 11.1 Å². The number of aryl methyl sites for hydroxylation is 1. The Hall–Kier alpha value is -0.510. The zero-order valence-corrected chi connectivity index (χ0v) is 11.7. The van der Waals surface area contributed by atoms with Gasteiger partial charge in [-0.1, -0.05) is 38.1 Å². The largest absolute Gasteiger partial charge is 0.392 e. The van der Waals surface area contributed by atoms with Crippen LogP contribution in [0.15, 0.2) is 24.3 Å². The van der Waals surface area contributed by atoms with E-state index in [1.54, 1.807) is 11.8 Å². The highest BCUT2D eigenvalue weighted by atomic mass is 32.2. The summed E-state index contributed by atoms with van der Waals surface area (Å²) in [5, 5.41) is 9.64. The van der Waals surface area contributed by atoms with Gasteiger partial charge in [0.1, 0.15) is 0 Å². The molecule has 1 rings (SSSR count). The molecule has 0 radical (unpaired) electrons. The van der Waals surface area contributed by atoms with Gasteiger partial charge in [0.15, 0.2) is 0 Å². The monoisotopic (exact) mass is 253 g/mol. The highest BCUT2D eigenvalue weighted by Gasteiger charge is 2.12. The predicted molar refractivity (Wildman–Crippen MR) is 76.3 cm³/mol. The zero-order valence-electron chi connectivity index (χ0n) is 10.9. The second kappa shape index (κ2) is 7.04. The number of aliphatic hydroxyl groups is 1. The molecule has 0 bridgehead atoms. The van der Waals surface area contributed by atoms with Crippen LogP contribution in [0.3, 0.4) is 0 Å². The van der Waals surface area contributed by atoms with Crippen LogP contribution in [0.25, 0.3) is 0 Å². The van der Waals surface area contributed by atoms with Crippen molar-refractivity contribution in [1.82, 2.24) is 0 Å². The van der Waals surface area contributed by atoms with Crippen LogP contribution in [-0.4, -0.2) is 22.2 Å². The molecule has 3 atom stereocenters. The Labute approximate surface area is 109 Å². The Morgan fingerprint density at radius 1 is 1.24 bits per heavy atom. The summed E-state index contributed by atoms with van der Waals surface area (Å²) >= 11 is 1.72. The lowest BCUT2D eigenvalue weighted by atomic mass is 10.1. The van der Waals surface area contributed by atoms with E-state index in [9.17, 15) is 5.11 Å². The number of hydrogen-bond donors (Lipinski definition) is 2. The summed E-state index contributed by atoms with van der Waals surface area (Å²) in [5.74, 6) is 0.845. The highest BCUT2D eigenvalue weighted by molar-refractivity contribution is 7.99. The molecule has 3 N–H and O–H groups in total. The van der Waals surface area contributed by atoms with Crippen molar-refractivity contribution in [2.45, 2.75) is 44.6 Å². The summed E-state index contributed by atoms with van der Waals surface area (Å²) in [6.45, 7) is 6.00. The lowest BCUT2D eigenvalue weighted by Gasteiger charge is -2.17. The molecule has 0 aliphatic carbocycles. The van der Waals surface area contributed by atoms with Gasteiger partial charge in [-0.2, -0.15) is 11.8 Å². The zero-order chi connectivity index (χ0) is 12.8.